The van der Waals surface area contributed by atoms with E-state index in [0.717, 1.165) is 0 Å². The Bertz CT molecular complexity index is 614. The van der Waals surface area contributed by atoms with Gasteiger partial charge in [0.05, 0.1) is 17.0 Å². The molecular weight excluding hydrogens is 320 g/mol. The van der Waals surface area contributed by atoms with E-state index < -0.39 is 10.8 Å². The van der Waals surface area contributed by atoms with Crippen LogP contribution < -0.4 is 5.32 Å². The number of H-pyrrole nitrogens is 1. The highest BCUT2D eigenvalue weighted by Gasteiger charge is 2.13. The van der Waals surface area contributed by atoms with Gasteiger partial charge in [0, 0.05) is 16.6 Å². The number of hydrogen-bond donors (Lipinski definition) is 2. The minimum atomic E-state index is -0.540. The first-order chi connectivity index (χ1) is 9.06. The highest BCUT2D eigenvalue weighted by molar-refractivity contribution is 9.10. The van der Waals surface area contributed by atoms with Gasteiger partial charge in [-0.25, -0.2) is 0 Å². The van der Waals surface area contributed by atoms with Crippen LogP contribution in [0.4, 0.5) is 11.4 Å². The van der Waals surface area contributed by atoms with Crippen molar-refractivity contribution < 1.29 is 9.72 Å². The van der Waals surface area contributed by atoms with Crippen LogP contribution in [-0.4, -0.2) is 31.5 Å². The number of nitro groups is 1. The number of halogens is 1. The molecule has 10 heteroatoms. The Morgan fingerprint density at radius 2 is 2.32 bits per heavy atom. The first-order valence-electron chi connectivity index (χ1n) is 5.02. The molecule has 0 saturated heterocycles. The van der Waals surface area contributed by atoms with Gasteiger partial charge in [-0.15, -0.1) is 10.2 Å². The zero-order valence-corrected chi connectivity index (χ0v) is 10.9. The van der Waals surface area contributed by atoms with E-state index in [1.807, 2.05) is 0 Å². The fourth-order valence-corrected chi connectivity index (χ4v) is 1.66. The molecule has 0 fully saturated rings. The van der Waals surface area contributed by atoms with Crippen LogP contribution in [0.1, 0.15) is 5.82 Å². The molecule has 0 aliphatic rings. The third-order valence-corrected chi connectivity index (χ3v) is 2.83. The van der Waals surface area contributed by atoms with Gasteiger partial charge in [0.1, 0.15) is 0 Å². The maximum atomic E-state index is 11.7. The summed E-state index contributed by atoms with van der Waals surface area (Å²) in [6.45, 7) is 0. The number of nitro benzene ring substituents is 1. The smallest absolute Gasteiger partial charge is 0.271 e. The second kappa shape index (κ2) is 5.52. The molecule has 0 aliphatic carbocycles. The fraction of sp³-hybridized carbons (Fsp3) is 0.111. The van der Waals surface area contributed by atoms with E-state index in [0.29, 0.717) is 10.2 Å². The average molecular weight is 327 g/mol. The summed E-state index contributed by atoms with van der Waals surface area (Å²) in [6.07, 6.45) is -0.0777. The summed E-state index contributed by atoms with van der Waals surface area (Å²) in [5.74, 6) is -0.165. The molecule has 1 aromatic heterocycles. The van der Waals surface area contributed by atoms with E-state index in [2.05, 4.69) is 41.9 Å². The van der Waals surface area contributed by atoms with Crippen molar-refractivity contribution in [2.24, 2.45) is 0 Å². The lowest BCUT2D eigenvalue weighted by molar-refractivity contribution is -0.384. The van der Waals surface area contributed by atoms with Crippen LogP contribution in [0.25, 0.3) is 0 Å². The number of tetrazole rings is 1. The molecule has 0 unspecified atom stereocenters. The van der Waals surface area contributed by atoms with E-state index in [4.69, 9.17) is 0 Å². The summed E-state index contributed by atoms with van der Waals surface area (Å²) in [6, 6.07) is 4.08. The van der Waals surface area contributed by atoms with Gasteiger partial charge in [0.15, 0.2) is 5.82 Å². The quantitative estimate of drug-likeness (QED) is 0.638. The number of aromatic amines is 1. The van der Waals surface area contributed by atoms with Gasteiger partial charge in [-0.05, 0) is 22.0 Å². The lowest BCUT2D eigenvalue weighted by atomic mass is 10.2. The molecule has 1 heterocycles. The van der Waals surface area contributed by atoms with Gasteiger partial charge in [0.2, 0.25) is 5.91 Å². The minimum absolute atomic E-state index is 0.0777. The second-order valence-electron chi connectivity index (χ2n) is 3.47. The summed E-state index contributed by atoms with van der Waals surface area (Å²) in [7, 11) is 0. The third kappa shape index (κ3) is 3.31. The number of hydrogen-bond acceptors (Lipinski definition) is 6. The monoisotopic (exact) mass is 326 g/mol. The predicted octanol–water partition coefficient (Wildman–Crippen LogP) is 1.05. The third-order valence-electron chi connectivity index (χ3n) is 2.14. The van der Waals surface area contributed by atoms with Crippen molar-refractivity contribution in [3.63, 3.8) is 0 Å². The van der Waals surface area contributed by atoms with Gasteiger partial charge in [-0.1, -0.05) is 5.21 Å². The predicted molar refractivity (Wildman–Crippen MR) is 67.3 cm³/mol. The summed E-state index contributed by atoms with van der Waals surface area (Å²) < 4.78 is 0.541. The van der Waals surface area contributed by atoms with Gasteiger partial charge in [-0.2, -0.15) is 5.21 Å². The molecule has 0 bridgehead atoms. The molecule has 98 valence electrons. The maximum absolute atomic E-state index is 11.7. The van der Waals surface area contributed by atoms with Crippen molar-refractivity contribution in [3.05, 3.63) is 38.6 Å². The van der Waals surface area contributed by atoms with E-state index in [1.165, 1.54) is 18.2 Å². The molecule has 0 atom stereocenters. The van der Waals surface area contributed by atoms with Crippen LogP contribution in [0.15, 0.2) is 22.7 Å². The molecule has 1 amide bonds. The van der Waals surface area contributed by atoms with E-state index in [9.17, 15) is 14.9 Å². The first kappa shape index (κ1) is 13.1. The SMILES string of the molecule is O=C(Cc1nn[nH]n1)Nc1cc([N+](=O)[O-])ccc1Br. The topological polar surface area (TPSA) is 127 Å². The highest BCUT2D eigenvalue weighted by Crippen LogP contribution is 2.27. The number of rotatable bonds is 4. The normalized spacial score (nSPS) is 10.2. The summed E-state index contributed by atoms with van der Waals surface area (Å²) in [5, 5.41) is 26.0. The summed E-state index contributed by atoms with van der Waals surface area (Å²) in [4.78, 5) is 21.8. The maximum Gasteiger partial charge on any atom is 0.271 e. The van der Waals surface area contributed by atoms with E-state index >= 15 is 0 Å². The first-order valence-corrected chi connectivity index (χ1v) is 5.81. The van der Waals surface area contributed by atoms with E-state index in [1.54, 1.807) is 0 Å². The van der Waals surface area contributed by atoms with Gasteiger partial charge in [0.25, 0.3) is 5.69 Å². The lowest BCUT2D eigenvalue weighted by Crippen LogP contribution is -2.15. The zero-order valence-electron chi connectivity index (χ0n) is 9.33. The van der Waals surface area contributed by atoms with Crippen LogP contribution >= 0.6 is 15.9 Å². The molecule has 9 nitrogen and oxygen atoms in total. The van der Waals surface area contributed by atoms with Gasteiger partial charge in [-0.3, -0.25) is 14.9 Å². The number of amides is 1. The lowest BCUT2D eigenvalue weighted by Gasteiger charge is -2.05. The van der Waals surface area contributed by atoms with Gasteiger partial charge >= 0.3 is 0 Å². The number of carbonyl (C=O) groups is 1. The zero-order chi connectivity index (χ0) is 13.8. The summed E-state index contributed by atoms with van der Waals surface area (Å²) >= 11 is 3.20. The van der Waals surface area contributed by atoms with Crippen molar-refractivity contribution in [1.82, 2.24) is 20.6 Å². The van der Waals surface area contributed by atoms with Crippen LogP contribution in [0.3, 0.4) is 0 Å². The number of nitrogens with one attached hydrogen (secondary N) is 2. The Morgan fingerprint density at radius 1 is 1.53 bits per heavy atom. The van der Waals surface area contributed by atoms with Crippen LogP contribution in [0, 0.1) is 10.1 Å². The molecule has 2 aromatic rings. The second-order valence-corrected chi connectivity index (χ2v) is 4.33. The Balaban J connectivity index is 2.11. The molecule has 0 spiro atoms. The number of aromatic nitrogens is 4. The van der Waals surface area contributed by atoms with Crippen LogP contribution in [-0.2, 0) is 11.2 Å². The fourth-order valence-electron chi connectivity index (χ4n) is 1.32. The molecule has 2 rings (SSSR count). The minimum Gasteiger partial charge on any atom is -0.324 e. The van der Waals surface area contributed by atoms with Crippen molar-refractivity contribution in [2.45, 2.75) is 6.42 Å². The van der Waals surface area contributed by atoms with Crippen LogP contribution in [0.5, 0.6) is 0 Å². The summed E-state index contributed by atoms with van der Waals surface area (Å²) in [5.41, 5.74) is 0.195. The Kier molecular flexibility index (Phi) is 3.80. The van der Waals surface area contributed by atoms with Crippen molar-refractivity contribution in [2.75, 3.05) is 5.32 Å². The van der Waals surface area contributed by atoms with Crippen molar-refractivity contribution in [1.29, 1.82) is 0 Å². The Labute approximate surface area is 114 Å². The highest BCUT2D eigenvalue weighted by atomic mass is 79.9. The number of nitrogens with zero attached hydrogens (tertiary/aromatic N) is 4. The number of non-ortho nitro benzene ring substituents is 1. The van der Waals surface area contributed by atoms with Gasteiger partial charge < -0.3 is 5.32 Å². The molecule has 0 saturated carbocycles. The Hall–Kier alpha value is -2.36. The number of benzene rings is 1. The number of anilines is 1. The standard InChI is InChI=1S/C9H7BrN6O3/c10-6-2-1-5(16(18)19)3-7(6)11-9(17)4-8-12-14-15-13-8/h1-3H,4H2,(H,11,17)(H,12,13,14,15). The molecule has 0 radical (unpaired) electrons. The van der Waals surface area contributed by atoms with Crippen LogP contribution in [0.2, 0.25) is 0 Å². The molecule has 0 aliphatic heterocycles. The van der Waals surface area contributed by atoms with Crippen molar-refractivity contribution >= 4 is 33.2 Å². The largest absolute Gasteiger partial charge is 0.324 e. The molecule has 1 aromatic carbocycles. The van der Waals surface area contributed by atoms with Crippen molar-refractivity contribution in [3.8, 4) is 0 Å². The molecule has 2 N–H and O–H groups in total. The molecule has 19 heavy (non-hydrogen) atoms. The van der Waals surface area contributed by atoms with E-state index in [-0.39, 0.29) is 17.9 Å². The molecular formula is C9H7BrN6O3. The Morgan fingerprint density at radius 3 is 2.95 bits per heavy atom. The number of carbonyl (C=O) groups excluding carboxylic acids is 1. The average Bonchev–Trinajstić information content (AvgIpc) is 2.84.